The van der Waals surface area contributed by atoms with Crippen molar-refractivity contribution < 1.29 is 14.3 Å². The van der Waals surface area contributed by atoms with E-state index in [9.17, 15) is 4.79 Å². The third-order valence-corrected chi connectivity index (χ3v) is 6.14. The molecule has 0 aliphatic heterocycles. The van der Waals surface area contributed by atoms with Gasteiger partial charge in [0.15, 0.2) is 0 Å². The summed E-state index contributed by atoms with van der Waals surface area (Å²) in [6, 6.07) is 26.8. The second-order valence-corrected chi connectivity index (χ2v) is 8.45. The van der Waals surface area contributed by atoms with E-state index >= 15 is 0 Å². The molecule has 0 spiro atoms. The average molecular weight is 470 g/mol. The van der Waals surface area contributed by atoms with E-state index in [0.717, 1.165) is 29.1 Å². The summed E-state index contributed by atoms with van der Waals surface area (Å²) in [5.74, 6) is 1.99. The minimum absolute atomic E-state index is 0.0219. The Kier molecular flexibility index (Phi) is 7.51. The van der Waals surface area contributed by atoms with Crippen molar-refractivity contribution in [2.75, 3.05) is 7.11 Å². The van der Waals surface area contributed by atoms with Gasteiger partial charge in [-0.1, -0.05) is 43.3 Å². The van der Waals surface area contributed by atoms with E-state index in [1.807, 2.05) is 89.3 Å². The van der Waals surface area contributed by atoms with Crippen LogP contribution in [0.25, 0.3) is 5.69 Å². The molecule has 1 atom stereocenters. The Balaban J connectivity index is 1.75. The highest BCUT2D eigenvalue weighted by atomic mass is 16.5. The summed E-state index contributed by atoms with van der Waals surface area (Å²) in [5.41, 5.74) is 3.20. The van der Waals surface area contributed by atoms with Crippen LogP contribution in [0.15, 0.2) is 84.9 Å². The topological polar surface area (TPSA) is 56.6 Å². The number of rotatable bonds is 9. The van der Waals surface area contributed by atoms with Gasteiger partial charge in [-0.3, -0.25) is 4.79 Å². The molecule has 0 saturated heterocycles. The minimum Gasteiger partial charge on any atom is -0.497 e. The van der Waals surface area contributed by atoms with Crippen LogP contribution in [-0.2, 0) is 6.54 Å². The van der Waals surface area contributed by atoms with Crippen molar-refractivity contribution in [3.05, 3.63) is 102 Å². The first-order chi connectivity index (χ1) is 17.0. The number of amides is 1. The maximum atomic E-state index is 13.6. The first-order valence-electron chi connectivity index (χ1n) is 11.8. The summed E-state index contributed by atoms with van der Waals surface area (Å²) in [6.45, 7) is 6.48. The average Bonchev–Trinajstić information content (AvgIpc) is 3.21. The number of carbonyl (C=O) groups excluding carboxylic acids is 1. The molecule has 0 saturated carbocycles. The fourth-order valence-corrected chi connectivity index (χ4v) is 3.89. The Morgan fingerprint density at radius 2 is 1.57 bits per heavy atom. The predicted molar refractivity (Wildman–Crippen MR) is 137 cm³/mol. The van der Waals surface area contributed by atoms with Gasteiger partial charge in [-0.15, -0.1) is 0 Å². The lowest BCUT2D eigenvalue weighted by atomic mass is 10.1. The number of para-hydroxylation sites is 2. The van der Waals surface area contributed by atoms with E-state index in [1.165, 1.54) is 0 Å². The standard InChI is InChI=1S/C29H31N3O3/c1-5-21(2)31(28(33)23-16-18-25(34-4)19-17-23)20-27-22(3)30-32(24-12-8-6-9-13-24)29(27)35-26-14-10-7-11-15-26/h6-19,21H,5,20H2,1-4H3/t21-/m0/s1. The zero-order valence-electron chi connectivity index (χ0n) is 20.6. The van der Waals surface area contributed by atoms with Gasteiger partial charge in [0.1, 0.15) is 11.5 Å². The number of aryl methyl sites for hydroxylation is 1. The van der Waals surface area contributed by atoms with E-state index in [1.54, 1.807) is 19.2 Å². The van der Waals surface area contributed by atoms with Crippen LogP contribution in [-0.4, -0.2) is 33.7 Å². The molecule has 0 N–H and O–H groups in total. The second kappa shape index (κ2) is 10.9. The number of aromatic nitrogens is 2. The van der Waals surface area contributed by atoms with Crippen LogP contribution in [0.1, 0.15) is 41.9 Å². The maximum Gasteiger partial charge on any atom is 0.254 e. The lowest BCUT2D eigenvalue weighted by molar-refractivity contribution is 0.0670. The van der Waals surface area contributed by atoms with Gasteiger partial charge in [-0.2, -0.15) is 5.10 Å². The van der Waals surface area contributed by atoms with Crippen molar-refractivity contribution in [2.24, 2.45) is 0 Å². The van der Waals surface area contributed by atoms with Crippen LogP contribution >= 0.6 is 0 Å². The molecule has 4 aromatic rings. The van der Waals surface area contributed by atoms with Crippen LogP contribution in [0, 0.1) is 6.92 Å². The fourth-order valence-electron chi connectivity index (χ4n) is 3.89. The molecule has 3 aromatic carbocycles. The molecule has 35 heavy (non-hydrogen) atoms. The number of ether oxygens (including phenoxy) is 2. The van der Waals surface area contributed by atoms with E-state index in [0.29, 0.717) is 23.7 Å². The molecule has 1 amide bonds. The Morgan fingerprint density at radius 3 is 2.17 bits per heavy atom. The molecule has 0 unspecified atom stereocenters. The Morgan fingerprint density at radius 1 is 0.943 bits per heavy atom. The molecular weight excluding hydrogens is 438 g/mol. The van der Waals surface area contributed by atoms with Crippen LogP contribution in [0.2, 0.25) is 0 Å². The van der Waals surface area contributed by atoms with Crippen LogP contribution in [0.4, 0.5) is 0 Å². The van der Waals surface area contributed by atoms with E-state index in [2.05, 4.69) is 13.8 Å². The fraction of sp³-hybridized carbons (Fsp3) is 0.241. The zero-order valence-corrected chi connectivity index (χ0v) is 20.6. The van der Waals surface area contributed by atoms with Gasteiger partial charge in [0, 0.05) is 11.6 Å². The third kappa shape index (κ3) is 5.38. The zero-order chi connectivity index (χ0) is 24.8. The lowest BCUT2D eigenvalue weighted by Crippen LogP contribution is -2.38. The van der Waals surface area contributed by atoms with Crippen molar-refractivity contribution in [1.82, 2.24) is 14.7 Å². The van der Waals surface area contributed by atoms with Gasteiger partial charge in [0.2, 0.25) is 5.88 Å². The smallest absolute Gasteiger partial charge is 0.254 e. The highest BCUT2D eigenvalue weighted by Crippen LogP contribution is 2.32. The van der Waals surface area contributed by atoms with Crippen molar-refractivity contribution in [2.45, 2.75) is 39.8 Å². The van der Waals surface area contributed by atoms with Crippen molar-refractivity contribution in [1.29, 1.82) is 0 Å². The summed E-state index contributed by atoms with van der Waals surface area (Å²) in [4.78, 5) is 15.5. The normalized spacial score (nSPS) is 11.7. The summed E-state index contributed by atoms with van der Waals surface area (Å²) in [6.07, 6.45) is 0.822. The summed E-state index contributed by atoms with van der Waals surface area (Å²) in [5, 5.41) is 4.81. The second-order valence-electron chi connectivity index (χ2n) is 8.45. The highest BCUT2D eigenvalue weighted by molar-refractivity contribution is 5.94. The van der Waals surface area contributed by atoms with Crippen molar-refractivity contribution in [3.63, 3.8) is 0 Å². The first-order valence-corrected chi connectivity index (χ1v) is 11.8. The van der Waals surface area contributed by atoms with Gasteiger partial charge >= 0.3 is 0 Å². The lowest BCUT2D eigenvalue weighted by Gasteiger charge is -2.29. The van der Waals surface area contributed by atoms with Gasteiger partial charge in [0.25, 0.3) is 5.91 Å². The molecule has 6 heteroatoms. The molecule has 6 nitrogen and oxygen atoms in total. The van der Waals surface area contributed by atoms with Gasteiger partial charge < -0.3 is 14.4 Å². The molecule has 0 bridgehead atoms. The first kappa shape index (κ1) is 24.1. The molecule has 0 aliphatic carbocycles. The van der Waals surface area contributed by atoms with Gasteiger partial charge in [-0.25, -0.2) is 4.68 Å². The minimum atomic E-state index is -0.0421. The molecule has 0 radical (unpaired) electrons. The molecule has 1 heterocycles. The SMILES string of the molecule is CC[C@H](C)N(Cc1c(C)nn(-c2ccccc2)c1Oc1ccccc1)C(=O)c1ccc(OC)cc1. The van der Waals surface area contributed by atoms with Gasteiger partial charge in [0.05, 0.1) is 30.6 Å². The van der Waals surface area contributed by atoms with Crippen LogP contribution in [0.5, 0.6) is 17.4 Å². The number of carbonyl (C=O) groups is 1. The Labute approximate surface area is 206 Å². The maximum absolute atomic E-state index is 13.6. The summed E-state index contributed by atoms with van der Waals surface area (Å²) in [7, 11) is 1.61. The van der Waals surface area contributed by atoms with Crippen molar-refractivity contribution >= 4 is 5.91 Å². The third-order valence-electron chi connectivity index (χ3n) is 6.14. The Hall–Kier alpha value is -4.06. The quantitative estimate of drug-likeness (QED) is 0.284. The van der Waals surface area contributed by atoms with E-state index < -0.39 is 0 Å². The van der Waals surface area contributed by atoms with Gasteiger partial charge in [-0.05, 0) is 68.8 Å². The number of benzene rings is 3. The van der Waals surface area contributed by atoms with Crippen molar-refractivity contribution in [3.8, 4) is 23.1 Å². The highest BCUT2D eigenvalue weighted by Gasteiger charge is 2.27. The number of methoxy groups -OCH3 is 1. The number of hydrogen-bond acceptors (Lipinski definition) is 4. The molecule has 4 rings (SSSR count). The molecule has 1 aromatic heterocycles. The number of hydrogen-bond donors (Lipinski definition) is 0. The summed E-state index contributed by atoms with van der Waals surface area (Å²) >= 11 is 0. The summed E-state index contributed by atoms with van der Waals surface area (Å²) < 4.78 is 13.5. The molecule has 0 fully saturated rings. The van der Waals surface area contributed by atoms with E-state index in [-0.39, 0.29) is 11.9 Å². The van der Waals surface area contributed by atoms with Crippen LogP contribution in [0.3, 0.4) is 0 Å². The van der Waals surface area contributed by atoms with E-state index in [4.69, 9.17) is 14.6 Å². The molecule has 0 aliphatic rings. The molecular formula is C29H31N3O3. The Bertz CT molecular complexity index is 1250. The number of nitrogens with zero attached hydrogens (tertiary/aromatic N) is 3. The van der Waals surface area contributed by atoms with Crippen LogP contribution < -0.4 is 9.47 Å². The molecule has 180 valence electrons. The predicted octanol–water partition coefficient (Wildman–Crippen LogP) is 6.42. The largest absolute Gasteiger partial charge is 0.497 e. The monoisotopic (exact) mass is 469 g/mol.